The first-order chi connectivity index (χ1) is 9.66. The Bertz CT molecular complexity index is 752. The molecule has 3 rings (SSSR count). The van der Waals surface area contributed by atoms with Gasteiger partial charge in [0.25, 0.3) is 0 Å². The summed E-state index contributed by atoms with van der Waals surface area (Å²) in [6.45, 7) is 0. The Morgan fingerprint density at radius 1 is 1.15 bits per heavy atom. The molecule has 6 heteroatoms. The molecule has 2 aromatic heterocycles. The molecule has 0 atom stereocenters. The molecule has 0 spiro atoms. The molecule has 0 aliphatic carbocycles. The lowest BCUT2D eigenvalue weighted by molar-refractivity contribution is 0.782. The second-order valence-corrected chi connectivity index (χ2v) is 5.29. The van der Waals surface area contributed by atoms with E-state index in [0.717, 1.165) is 26.9 Å². The molecule has 0 radical (unpaired) electrons. The molecule has 0 saturated heterocycles. The highest BCUT2D eigenvalue weighted by Crippen LogP contribution is 2.36. The number of rotatable bonds is 2. The predicted octanol–water partition coefficient (Wildman–Crippen LogP) is 2.89. The second-order valence-electron chi connectivity index (χ2n) is 4.37. The fourth-order valence-electron chi connectivity index (χ4n) is 2.10. The van der Waals surface area contributed by atoms with Crippen molar-refractivity contribution in [2.24, 2.45) is 7.05 Å². The van der Waals surface area contributed by atoms with E-state index < -0.39 is 0 Å². The average molecular weight is 330 g/mol. The molecule has 0 aliphatic heterocycles. The molecule has 0 aliphatic rings. The van der Waals surface area contributed by atoms with Crippen LogP contribution < -0.4 is 5.73 Å². The van der Waals surface area contributed by atoms with E-state index in [9.17, 15) is 0 Å². The largest absolute Gasteiger partial charge is 0.383 e. The molecule has 1 aromatic carbocycles. The topological polar surface area (TPSA) is 69.6 Å². The summed E-state index contributed by atoms with van der Waals surface area (Å²) in [4.78, 5) is 0. The molecule has 3 aromatic rings. The number of nitrogens with two attached hydrogens (primary N) is 1. The summed E-state index contributed by atoms with van der Waals surface area (Å²) in [5.41, 5.74) is 9.78. The molecule has 0 unspecified atom stereocenters. The Kier molecular flexibility index (Phi) is 3.23. The van der Waals surface area contributed by atoms with Gasteiger partial charge in [0, 0.05) is 17.1 Å². The van der Waals surface area contributed by atoms with Crippen molar-refractivity contribution in [3.8, 4) is 22.4 Å². The van der Waals surface area contributed by atoms with E-state index in [4.69, 9.17) is 5.73 Å². The van der Waals surface area contributed by atoms with Crippen LogP contribution in [0.3, 0.4) is 0 Å². The van der Waals surface area contributed by atoms with Crippen LogP contribution in [0.25, 0.3) is 22.4 Å². The van der Waals surface area contributed by atoms with Gasteiger partial charge in [0.05, 0.1) is 18.0 Å². The molecule has 2 heterocycles. The summed E-state index contributed by atoms with van der Waals surface area (Å²) in [6, 6.07) is 9.85. The van der Waals surface area contributed by atoms with Gasteiger partial charge in [-0.2, -0.15) is 15.3 Å². The Morgan fingerprint density at radius 2 is 2.00 bits per heavy atom. The fourth-order valence-corrected chi connectivity index (χ4v) is 2.50. The number of aromatic nitrogens is 4. The number of anilines is 1. The molecular formula is C14H12BrN5. The van der Waals surface area contributed by atoms with Gasteiger partial charge in [0.1, 0.15) is 11.5 Å². The van der Waals surface area contributed by atoms with E-state index >= 15 is 0 Å². The summed E-state index contributed by atoms with van der Waals surface area (Å²) < 4.78 is 2.67. The van der Waals surface area contributed by atoms with Crippen LogP contribution in [0.15, 0.2) is 47.2 Å². The number of nitrogens with zero attached hydrogens (tertiary/aromatic N) is 4. The lowest BCUT2D eigenvalue weighted by Gasteiger charge is -2.04. The van der Waals surface area contributed by atoms with E-state index in [1.54, 1.807) is 17.1 Å². The molecule has 0 amide bonds. The van der Waals surface area contributed by atoms with Crippen molar-refractivity contribution in [2.45, 2.75) is 0 Å². The van der Waals surface area contributed by atoms with Crippen molar-refractivity contribution in [3.05, 3.63) is 47.2 Å². The fraction of sp³-hybridized carbons (Fsp3) is 0.0714. The molecule has 0 fully saturated rings. The average Bonchev–Trinajstić information content (AvgIpc) is 2.76. The van der Waals surface area contributed by atoms with Gasteiger partial charge in [-0.3, -0.25) is 4.68 Å². The quantitative estimate of drug-likeness (QED) is 0.784. The smallest absolute Gasteiger partial charge is 0.129 e. The van der Waals surface area contributed by atoms with Gasteiger partial charge in [0.2, 0.25) is 0 Å². The zero-order valence-electron chi connectivity index (χ0n) is 10.8. The van der Waals surface area contributed by atoms with Crippen LogP contribution in [0.5, 0.6) is 0 Å². The van der Waals surface area contributed by atoms with Crippen LogP contribution in [0.4, 0.5) is 5.82 Å². The first-order valence-corrected chi connectivity index (χ1v) is 6.81. The zero-order valence-corrected chi connectivity index (χ0v) is 12.4. The maximum Gasteiger partial charge on any atom is 0.129 e. The van der Waals surface area contributed by atoms with Crippen molar-refractivity contribution in [1.82, 2.24) is 20.0 Å². The van der Waals surface area contributed by atoms with Gasteiger partial charge < -0.3 is 5.73 Å². The SMILES string of the molecule is Cn1nc(-c2ccnnc2)c(-c2cccc(Br)c2)c1N. The summed E-state index contributed by atoms with van der Waals surface area (Å²) in [5.74, 6) is 0.620. The lowest BCUT2D eigenvalue weighted by Crippen LogP contribution is -1.97. The molecule has 5 nitrogen and oxygen atoms in total. The minimum Gasteiger partial charge on any atom is -0.383 e. The number of aryl methyl sites for hydroxylation is 1. The van der Waals surface area contributed by atoms with Crippen LogP contribution in [-0.4, -0.2) is 20.0 Å². The summed E-state index contributed by atoms with van der Waals surface area (Å²) in [6.07, 6.45) is 3.33. The van der Waals surface area contributed by atoms with E-state index in [2.05, 4.69) is 31.2 Å². The molecule has 100 valence electrons. The standard InChI is InChI=1S/C14H12BrN5/c1-20-14(16)12(9-3-2-4-11(15)7-9)13(19-20)10-5-6-17-18-8-10/h2-8H,16H2,1H3. The number of hydrogen-bond donors (Lipinski definition) is 1. The van der Waals surface area contributed by atoms with Crippen molar-refractivity contribution in [3.63, 3.8) is 0 Å². The second kappa shape index (κ2) is 5.05. The lowest BCUT2D eigenvalue weighted by atomic mass is 10.0. The minimum atomic E-state index is 0.620. The predicted molar refractivity (Wildman–Crippen MR) is 81.8 cm³/mol. The normalized spacial score (nSPS) is 10.7. The summed E-state index contributed by atoms with van der Waals surface area (Å²) in [7, 11) is 1.83. The van der Waals surface area contributed by atoms with E-state index in [1.807, 2.05) is 37.4 Å². The van der Waals surface area contributed by atoms with Crippen LogP contribution >= 0.6 is 15.9 Å². The number of benzene rings is 1. The van der Waals surface area contributed by atoms with Crippen LogP contribution in [0.1, 0.15) is 0 Å². The molecule has 0 bridgehead atoms. The molecule has 2 N–H and O–H groups in total. The van der Waals surface area contributed by atoms with Crippen LogP contribution in [0.2, 0.25) is 0 Å². The number of hydrogen-bond acceptors (Lipinski definition) is 4. The van der Waals surface area contributed by atoms with Crippen molar-refractivity contribution in [2.75, 3.05) is 5.73 Å². The third kappa shape index (κ3) is 2.18. The number of halogens is 1. The highest BCUT2D eigenvalue weighted by molar-refractivity contribution is 9.10. The van der Waals surface area contributed by atoms with Crippen LogP contribution in [-0.2, 0) is 7.05 Å². The first kappa shape index (κ1) is 12.8. The Labute approximate surface area is 124 Å². The zero-order chi connectivity index (χ0) is 14.1. The number of nitrogen functional groups attached to an aromatic ring is 1. The Morgan fingerprint density at radius 3 is 2.70 bits per heavy atom. The third-order valence-corrected chi connectivity index (χ3v) is 3.56. The van der Waals surface area contributed by atoms with E-state index in [0.29, 0.717) is 5.82 Å². The Hall–Kier alpha value is -2.21. The molecule has 0 saturated carbocycles. The van der Waals surface area contributed by atoms with Gasteiger partial charge in [-0.25, -0.2) is 0 Å². The van der Waals surface area contributed by atoms with Crippen molar-refractivity contribution >= 4 is 21.7 Å². The highest BCUT2D eigenvalue weighted by atomic mass is 79.9. The maximum absolute atomic E-state index is 6.17. The first-order valence-electron chi connectivity index (χ1n) is 6.02. The highest BCUT2D eigenvalue weighted by Gasteiger charge is 2.17. The van der Waals surface area contributed by atoms with Gasteiger partial charge in [-0.15, -0.1) is 0 Å². The summed E-state index contributed by atoms with van der Waals surface area (Å²) >= 11 is 3.48. The third-order valence-electron chi connectivity index (χ3n) is 3.06. The monoisotopic (exact) mass is 329 g/mol. The molecule has 20 heavy (non-hydrogen) atoms. The Balaban J connectivity index is 2.25. The minimum absolute atomic E-state index is 0.620. The van der Waals surface area contributed by atoms with E-state index in [-0.39, 0.29) is 0 Å². The maximum atomic E-state index is 6.17. The summed E-state index contributed by atoms with van der Waals surface area (Å²) in [5, 5.41) is 12.2. The van der Waals surface area contributed by atoms with Crippen molar-refractivity contribution in [1.29, 1.82) is 0 Å². The van der Waals surface area contributed by atoms with Crippen molar-refractivity contribution < 1.29 is 0 Å². The van der Waals surface area contributed by atoms with E-state index in [1.165, 1.54) is 0 Å². The van der Waals surface area contributed by atoms with Gasteiger partial charge in [-0.05, 0) is 23.8 Å². The van der Waals surface area contributed by atoms with Gasteiger partial charge in [0.15, 0.2) is 0 Å². The van der Waals surface area contributed by atoms with Gasteiger partial charge >= 0.3 is 0 Å². The van der Waals surface area contributed by atoms with Crippen LogP contribution in [0, 0.1) is 0 Å². The molecular weight excluding hydrogens is 318 g/mol. The van der Waals surface area contributed by atoms with Gasteiger partial charge in [-0.1, -0.05) is 28.1 Å².